The molecule has 0 amide bonds. The van der Waals surface area contributed by atoms with Crippen molar-refractivity contribution in [3.05, 3.63) is 33.8 Å². The number of benzene rings is 1. The first-order valence-corrected chi connectivity index (χ1v) is 6.52. The number of anilines is 1. The molecule has 3 N–H and O–H groups in total. The number of nitrogens with one attached hydrogen (secondary N) is 1. The normalized spacial score (nSPS) is 11.2. The smallest absolute Gasteiger partial charge is 0.149 e. The minimum absolute atomic E-state index is 0.498. The van der Waals surface area contributed by atoms with Crippen LogP contribution in [0.2, 0.25) is 10.0 Å². The second-order valence-electron chi connectivity index (χ2n) is 4.72. The van der Waals surface area contributed by atoms with E-state index in [4.69, 9.17) is 28.9 Å². The van der Waals surface area contributed by atoms with E-state index < -0.39 is 0 Å². The van der Waals surface area contributed by atoms with Crippen molar-refractivity contribution in [1.82, 2.24) is 10.2 Å². The Morgan fingerprint density at radius 3 is 2.39 bits per heavy atom. The Morgan fingerprint density at radius 1 is 1.22 bits per heavy atom. The largest absolute Gasteiger partial charge is 0.382 e. The van der Waals surface area contributed by atoms with Gasteiger partial charge in [0.1, 0.15) is 5.82 Å². The molecule has 1 aromatic heterocycles. The van der Waals surface area contributed by atoms with Gasteiger partial charge in [0.05, 0.1) is 5.69 Å². The van der Waals surface area contributed by atoms with Crippen LogP contribution in [0.15, 0.2) is 18.2 Å². The highest BCUT2D eigenvalue weighted by atomic mass is 35.5. The van der Waals surface area contributed by atoms with Gasteiger partial charge >= 0.3 is 0 Å². The van der Waals surface area contributed by atoms with Crippen molar-refractivity contribution in [1.29, 1.82) is 0 Å². The minimum Gasteiger partial charge on any atom is -0.382 e. The van der Waals surface area contributed by atoms with Crippen molar-refractivity contribution in [2.45, 2.75) is 20.3 Å². The molecule has 1 heterocycles. The van der Waals surface area contributed by atoms with Crippen molar-refractivity contribution in [3.63, 3.8) is 0 Å². The maximum atomic E-state index is 6.01. The van der Waals surface area contributed by atoms with Gasteiger partial charge in [-0.25, -0.2) is 0 Å². The zero-order valence-electron chi connectivity index (χ0n) is 10.3. The van der Waals surface area contributed by atoms with E-state index in [0.717, 1.165) is 23.2 Å². The van der Waals surface area contributed by atoms with Crippen LogP contribution < -0.4 is 5.73 Å². The number of aromatic nitrogens is 2. The summed E-state index contributed by atoms with van der Waals surface area (Å²) >= 11 is 12.0. The van der Waals surface area contributed by atoms with Gasteiger partial charge in [-0.2, -0.15) is 5.10 Å². The highest BCUT2D eigenvalue weighted by molar-refractivity contribution is 6.35. The van der Waals surface area contributed by atoms with Gasteiger partial charge in [-0.3, -0.25) is 5.10 Å². The SMILES string of the molecule is CC(C)Cc1c(N)n[nH]c1-c1cc(Cl)cc(Cl)c1. The molecule has 2 aromatic rings. The summed E-state index contributed by atoms with van der Waals surface area (Å²) < 4.78 is 0. The van der Waals surface area contributed by atoms with Gasteiger partial charge in [0, 0.05) is 21.2 Å². The fourth-order valence-corrected chi connectivity index (χ4v) is 2.46. The molecule has 0 atom stereocenters. The third kappa shape index (κ3) is 2.79. The quantitative estimate of drug-likeness (QED) is 0.889. The van der Waals surface area contributed by atoms with Gasteiger partial charge < -0.3 is 5.73 Å². The molecule has 0 aliphatic rings. The third-order valence-corrected chi connectivity index (χ3v) is 3.10. The van der Waals surface area contributed by atoms with E-state index in [2.05, 4.69) is 24.0 Å². The molecule has 18 heavy (non-hydrogen) atoms. The van der Waals surface area contributed by atoms with E-state index >= 15 is 0 Å². The number of rotatable bonds is 3. The Morgan fingerprint density at radius 2 is 1.83 bits per heavy atom. The summed E-state index contributed by atoms with van der Waals surface area (Å²) in [7, 11) is 0. The molecule has 0 saturated heterocycles. The van der Waals surface area contributed by atoms with Gasteiger partial charge in [-0.05, 0) is 30.5 Å². The van der Waals surface area contributed by atoms with E-state index in [9.17, 15) is 0 Å². The van der Waals surface area contributed by atoms with Gasteiger partial charge in [-0.1, -0.05) is 37.0 Å². The van der Waals surface area contributed by atoms with E-state index in [1.807, 2.05) is 12.1 Å². The Bertz CT molecular complexity index is 541. The van der Waals surface area contributed by atoms with Crippen LogP contribution in [0.25, 0.3) is 11.3 Å². The summed E-state index contributed by atoms with van der Waals surface area (Å²) in [6.07, 6.45) is 0.863. The predicted molar refractivity (Wildman–Crippen MR) is 77.0 cm³/mol. The number of nitrogens with two attached hydrogens (primary N) is 1. The summed E-state index contributed by atoms with van der Waals surface area (Å²) in [5.74, 6) is 1.04. The van der Waals surface area contributed by atoms with Crippen LogP contribution in [-0.4, -0.2) is 10.2 Å². The Hall–Kier alpha value is -1.19. The summed E-state index contributed by atoms with van der Waals surface area (Å²) in [5.41, 5.74) is 8.72. The number of halogens is 2. The third-order valence-electron chi connectivity index (χ3n) is 2.66. The lowest BCUT2D eigenvalue weighted by Crippen LogP contribution is -1.99. The molecule has 0 radical (unpaired) electrons. The average molecular weight is 284 g/mol. The molecule has 5 heteroatoms. The van der Waals surface area contributed by atoms with E-state index in [-0.39, 0.29) is 0 Å². The highest BCUT2D eigenvalue weighted by Crippen LogP contribution is 2.31. The van der Waals surface area contributed by atoms with Crippen molar-refractivity contribution >= 4 is 29.0 Å². The van der Waals surface area contributed by atoms with E-state index in [1.165, 1.54) is 0 Å². The van der Waals surface area contributed by atoms with Crippen LogP contribution in [-0.2, 0) is 6.42 Å². The zero-order chi connectivity index (χ0) is 13.3. The molecule has 0 spiro atoms. The van der Waals surface area contributed by atoms with Gasteiger partial charge in [0.25, 0.3) is 0 Å². The molecule has 2 rings (SSSR count). The van der Waals surface area contributed by atoms with Crippen molar-refractivity contribution in [2.24, 2.45) is 5.92 Å². The van der Waals surface area contributed by atoms with E-state index in [1.54, 1.807) is 6.07 Å². The summed E-state index contributed by atoms with van der Waals surface area (Å²) in [5, 5.41) is 8.23. The van der Waals surface area contributed by atoms with Crippen molar-refractivity contribution in [2.75, 3.05) is 5.73 Å². The predicted octanol–water partition coefficient (Wildman–Crippen LogP) is 4.16. The Kier molecular flexibility index (Phi) is 3.83. The molecule has 0 aliphatic heterocycles. The number of hydrogen-bond acceptors (Lipinski definition) is 2. The Balaban J connectivity index is 2.50. The van der Waals surface area contributed by atoms with Crippen LogP contribution >= 0.6 is 23.2 Å². The lowest BCUT2D eigenvalue weighted by atomic mass is 9.99. The monoisotopic (exact) mass is 283 g/mol. The first-order chi connectivity index (χ1) is 8.47. The Labute approximate surface area is 116 Å². The average Bonchev–Trinajstić information content (AvgIpc) is 2.58. The number of hydrogen-bond donors (Lipinski definition) is 2. The van der Waals surface area contributed by atoms with Crippen LogP contribution in [0.3, 0.4) is 0 Å². The van der Waals surface area contributed by atoms with Gasteiger partial charge in [0.15, 0.2) is 0 Å². The van der Waals surface area contributed by atoms with Crippen LogP contribution in [0.4, 0.5) is 5.82 Å². The van der Waals surface area contributed by atoms with Crippen LogP contribution in [0.1, 0.15) is 19.4 Å². The van der Waals surface area contributed by atoms with Crippen molar-refractivity contribution in [3.8, 4) is 11.3 Å². The summed E-state index contributed by atoms with van der Waals surface area (Å²) in [6, 6.07) is 5.41. The van der Waals surface area contributed by atoms with Crippen LogP contribution in [0.5, 0.6) is 0 Å². The molecule has 0 bridgehead atoms. The first kappa shape index (κ1) is 13.2. The summed E-state index contributed by atoms with van der Waals surface area (Å²) in [6.45, 7) is 4.28. The second kappa shape index (κ2) is 5.21. The van der Waals surface area contributed by atoms with Crippen LogP contribution in [0, 0.1) is 5.92 Å². The lowest BCUT2D eigenvalue weighted by Gasteiger charge is -2.07. The first-order valence-electron chi connectivity index (χ1n) is 5.76. The maximum Gasteiger partial charge on any atom is 0.149 e. The molecule has 1 aromatic carbocycles. The molecular weight excluding hydrogens is 269 g/mol. The number of aromatic amines is 1. The minimum atomic E-state index is 0.498. The molecule has 0 fully saturated rings. The molecule has 3 nitrogen and oxygen atoms in total. The molecule has 0 unspecified atom stereocenters. The fourth-order valence-electron chi connectivity index (χ4n) is 1.93. The molecule has 0 aliphatic carbocycles. The fraction of sp³-hybridized carbons (Fsp3) is 0.308. The zero-order valence-corrected chi connectivity index (χ0v) is 11.8. The topological polar surface area (TPSA) is 54.7 Å². The maximum absolute atomic E-state index is 6.01. The highest BCUT2D eigenvalue weighted by Gasteiger charge is 2.14. The standard InChI is InChI=1S/C13H15Cl2N3/c1-7(2)3-11-12(17-18-13(11)16)8-4-9(14)6-10(15)5-8/h4-7H,3H2,1-2H3,(H3,16,17,18). The summed E-state index contributed by atoms with van der Waals surface area (Å²) in [4.78, 5) is 0. The van der Waals surface area contributed by atoms with Crippen molar-refractivity contribution < 1.29 is 0 Å². The van der Waals surface area contributed by atoms with Gasteiger partial charge in [0.2, 0.25) is 0 Å². The number of nitrogens with zero attached hydrogens (tertiary/aromatic N) is 1. The number of H-pyrrole nitrogens is 1. The molecule has 0 saturated carbocycles. The number of nitrogen functional groups attached to an aromatic ring is 1. The lowest BCUT2D eigenvalue weighted by molar-refractivity contribution is 0.649. The second-order valence-corrected chi connectivity index (χ2v) is 5.59. The van der Waals surface area contributed by atoms with Gasteiger partial charge in [-0.15, -0.1) is 0 Å². The molecule has 96 valence electrons. The van der Waals surface area contributed by atoms with E-state index in [0.29, 0.717) is 21.8 Å². The molecular formula is C13H15Cl2N3.